The molecule has 0 radical (unpaired) electrons. The number of nitrogens with one attached hydrogen (secondary N) is 1. The lowest BCUT2D eigenvalue weighted by atomic mass is 10.2. The van der Waals surface area contributed by atoms with Crippen molar-refractivity contribution in [1.29, 1.82) is 0 Å². The van der Waals surface area contributed by atoms with Gasteiger partial charge in [-0.25, -0.2) is 4.98 Å². The second-order valence-electron chi connectivity index (χ2n) is 7.43. The standard InChI is InChI=1S/C23H24N4O4S/c1-16-12-18(26-31-16)15-32-23-20(8-5-9-24-23)22(29)25-17-6-4-7-19(13-17)30-14-21(28)27-10-2-3-11-27/h4-9,12-13H,2-3,10-11,14-15H2,1H3,(H,25,29). The molecule has 2 amide bonds. The van der Waals surface area contributed by atoms with Crippen molar-refractivity contribution in [1.82, 2.24) is 15.0 Å². The Kier molecular flexibility index (Phi) is 7.06. The zero-order valence-corrected chi connectivity index (χ0v) is 18.6. The molecule has 8 nitrogen and oxygen atoms in total. The van der Waals surface area contributed by atoms with Crippen LogP contribution in [0.5, 0.6) is 5.75 Å². The summed E-state index contributed by atoms with van der Waals surface area (Å²) in [5, 5.41) is 7.46. The van der Waals surface area contributed by atoms with Crippen molar-refractivity contribution >= 4 is 29.3 Å². The SMILES string of the molecule is Cc1cc(CSc2ncccc2C(=O)Nc2cccc(OCC(=O)N3CCCC3)c2)no1. The zero-order chi connectivity index (χ0) is 22.3. The summed E-state index contributed by atoms with van der Waals surface area (Å²) in [6.07, 6.45) is 3.74. The molecule has 166 valence electrons. The van der Waals surface area contributed by atoms with E-state index in [1.165, 1.54) is 11.8 Å². The third-order valence-corrected chi connectivity index (χ3v) is 6.00. The summed E-state index contributed by atoms with van der Waals surface area (Å²) < 4.78 is 10.7. The second kappa shape index (κ2) is 10.3. The van der Waals surface area contributed by atoms with E-state index in [4.69, 9.17) is 9.26 Å². The fourth-order valence-electron chi connectivity index (χ4n) is 3.37. The first-order valence-electron chi connectivity index (χ1n) is 10.4. The molecule has 1 aliphatic rings. The molecule has 2 aromatic heterocycles. The van der Waals surface area contributed by atoms with Crippen molar-refractivity contribution in [3.8, 4) is 5.75 Å². The number of hydrogen-bond acceptors (Lipinski definition) is 7. The number of nitrogens with zero attached hydrogens (tertiary/aromatic N) is 3. The molecule has 4 rings (SSSR count). The smallest absolute Gasteiger partial charge is 0.260 e. The summed E-state index contributed by atoms with van der Waals surface area (Å²) in [5.41, 5.74) is 1.83. The first kappa shape index (κ1) is 21.9. The minimum atomic E-state index is -0.276. The lowest BCUT2D eigenvalue weighted by Gasteiger charge is -2.16. The molecule has 0 atom stereocenters. The molecule has 0 aliphatic carbocycles. The minimum absolute atomic E-state index is 0.0116. The third-order valence-electron chi connectivity index (χ3n) is 4.96. The van der Waals surface area contributed by atoms with Crippen molar-refractivity contribution in [3.05, 3.63) is 65.7 Å². The van der Waals surface area contributed by atoms with Gasteiger partial charge in [-0.1, -0.05) is 23.0 Å². The highest BCUT2D eigenvalue weighted by Crippen LogP contribution is 2.25. The Labute approximate surface area is 190 Å². The lowest BCUT2D eigenvalue weighted by Crippen LogP contribution is -2.32. The molecule has 0 saturated carbocycles. The van der Waals surface area contributed by atoms with Gasteiger partial charge in [0.15, 0.2) is 6.61 Å². The van der Waals surface area contributed by atoms with E-state index in [2.05, 4.69) is 15.5 Å². The number of amides is 2. The van der Waals surface area contributed by atoms with Crippen molar-refractivity contribution < 1.29 is 18.8 Å². The summed E-state index contributed by atoms with van der Waals surface area (Å²) in [6.45, 7) is 3.41. The Balaban J connectivity index is 1.37. The van der Waals surface area contributed by atoms with E-state index in [-0.39, 0.29) is 18.4 Å². The molecule has 3 aromatic rings. The van der Waals surface area contributed by atoms with E-state index in [1.807, 2.05) is 17.9 Å². The second-order valence-corrected chi connectivity index (χ2v) is 8.40. The predicted molar refractivity (Wildman–Crippen MR) is 121 cm³/mol. The summed E-state index contributed by atoms with van der Waals surface area (Å²) in [6, 6.07) is 12.3. The highest BCUT2D eigenvalue weighted by atomic mass is 32.2. The van der Waals surface area contributed by atoms with Gasteiger partial charge in [0.25, 0.3) is 11.8 Å². The number of aromatic nitrogens is 2. The summed E-state index contributed by atoms with van der Waals surface area (Å²) in [4.78, 5) is 31.2. The largest absolute Gasteiger partial charge is 0.484 e. The van der Waals surface area contributed by atoms with E-state index in [0.717, 1.165) is 37.4 Å². The van der Waals surface area contributed by atoms with E-state index >= 15 is 0 Å². The molecule has 9 heteroatoms. The van der Waals surface area contributed by atoms with Gasteiger partial charge in [-0.15, -0.1) is 0 Å². The Bertz CT molecular complexity index is 1090. The molecule has 3 heterocycles. The molecular weight excluding hydrogens is 428 g/mol. The van der Waals surface area contributed by atoms with Gasteiger partial charge in [-0.05, 0) is 44.0 Å². The molecule has 1 aromatic carbocycles. The van der Waals surface area contributed by atoms with Crippen molar-refractivity contribution in [3.63, 3.8) is 0 Å². The number of carbonyl (C=O) groups excluding carboxylic acids is 2. The molecule has 1 N–H and O–H groups in total. The highest BCUT2D eigenvalue weighted by Gasteiger charge is 2.18. The van der Waals surface area contributed by atoms with Crippen LogP contribution in [-0.4, -0.2) is 46.6 Å². The van der Waals surface area contributed by atoms with Crippen LogP contribution in [0.4, 0.5) is 5.69 Å². The van der Waals surface area contributed by atoms with Crippen LogP contribution in [0.1, 0.15) is 34.7 Å². The molecule has 1 saturated heterocycles. The average Bonchev–Trinajstić information content (AvgIpc) is 3.48. The Morgan fingerprint density at radius 1 is 1.19 bits per heavy atom. The zero-order valence-electron chi connectivity index (χ0n) is 17.7. The highest BCUT2D eigenvalue weighted by molar-refractivity contribution is 7.98. The van der Waals surface area contributed by atoms with Gasteiger partial charge in [-0.3, -0.25) is 9.59 Å². The molecule has 0 bridgehead atoms. The van der Waals surface area contributed by atoms with Crippen molar-refractivity contribution in [2.24, 2.45) is 0 Å². The maximum Gasteiger partial charge on any atom is 0.260 e. The van der Waals surface area contributed by atoms with Gasteiger partial charge >= 0.3 is 0 Å². The minimum Gasteiger partial charge on any atom is -0.484 e. The Morgan fingerprint density at radius 2 is 2.03 bits per heavy atom. The summed E-state index contributed by atoms with van der Waals surface area (Å²) >= 11 is 1.42. The van der Waals surface area contributed by atoms with Gasteiger partial charge in [0, 0.05) is 42.9 Å². The average molecular weight is 453 g/mol. The molecule has 0 unspecified atom stereocenters. The van der Waals surface area contributed by atoms with E-state index < -0.39 is 0 Å². The van der Waals surface area contributed by atoms with E-state index in [1.54, 1.807) is 42.6 Å². The van der Waals surface area contributed by atoms with Crippen LogP contribution in [0.25, 0.3) is 0 Å². The quantitative estimate of drug-likeness (QED) is 0.517. The first-order chi connectivity index (χ1) is 15.6. The molecule has 32 heavy (non-hydrogen) atoms. The summed E-state index contributed by atoms with van der Waals surface area (Å²) in [7, 11) is 0. The van der Waals surface area contributed by atoms with Crippen LogP contribution in [0.15, 0.2) is 58.2 Å². The number of aryl methyl sites for hydroxylation is 1. The van der Waals surface area contributed by atoms with Crippen LogP contribution in [-0.2, 0) is 10.5 Å². The van der Waals surface area contributed by atoms with Crippen LogP contribution in [0.3, 0.4) is 0 Å². The fourth-order valence-corrected chi connectivity index (χ4v) is 4.24. The normalized spacial score (nSPS) is 13.2. The molecule has 1 fully saturated rings. The van der Waals surface area contributed by atoms with E-state index in [0.29, 0.717) is 27.8 Å². The van der Waals surface area contributed by atoms with Crippen LogP contribution in [0.2, 0.25) is 0 Å². The molecule has 0 spiro atoms. The maximum atomic E-state index is 12.9. The number of thioether (sulfide) groups is 1. The lowest BCUT2D eigenvalue weighted by molar-refractivity contribution is -0.132. The van der Waals surface area contributed by atoms with Crippen LogP contribution >= 0.6 is 11.8 Å². The first-order valence-corrected chi connectivity index (χ1v) is 11.4. The number of rotatable bonds is 8. The molecular formula is C23H24N4O4S. The third kappa shape index (κ3) is 5.67. The van der Waals surface area contributed by atoms with Gasteiger partial charge in [0.1, 0.15) is 16.5 Å². The maximum absolute atomic E-state index is 12.9. The van der Waals surface area contributed by atoms with Gasteiger partial charge < -0.3 is 19.5 Å². The number of carbonyl (C=O) groups is 2. The number of benzene rings is 1. The fraction of sp³-hybridized carbons (Fsp3) is 0.304. The van der Waals surface area contributed by atoms with Crippen LogP contribution < -0.4 is 10.1 Å². The Morgan fingerprint density at radius 3 is 2.81 bits per heavy atom. The number of pyridine rings is 1. The number of ether oxygens (including phenoxy) is 1. The van der Waals surface area contributed by atoms with E-state index in [9.17, 15) is 9.59 Å². The summed E-state index contributed by atoms with van der Waals surface area (Å²) in [5.74, 6) is 1.52. The predicted octanol–water partition coefficient (Wildman–Crippen LogP) is 3.92. The van der Waals surface area contributed by atoms with Crippen molar-refractivity contribution in [2.75, 3.05) is 25.0 Å². The van der Waals surface area contributed by atoms with Crippen molar-refractivity contribution in [2.45, 2.75) is 30.5 Å². The topological polar surface area (TPSA) is 97.6 Å². The van der Waals surface area contributed by atoms with Gasteiger partial charge in [0.05, 0.1) is 11.3 Å². The van der Waals surface area contributed by atoms with Crippen LogP contribution in [0, 0.1) is 6.92 Å². The number of anilines is 1. The van der Waals surface area contributed by atoms with Gasteiger partial charge in [0.2, 0.25) is 0 Å². The number of likely N-dealkylation sites (tertiary alicyclic amines) is 1. The molecule has 1 aliphatic heterocycles. The Hall–Kier alpha value is -3.33. The van der Waals surface area contributed by atoms with Gasteiger partial charge in [-0.2, -0.15) is 0 Å². The number of hydrogen-bond donors (Lipinski definition) is 1. The monoisotopic (exact) mass is 452 g/mol.